The van der Waals surface area contributed by atoms with Crippen molar-refractivity contribution in [2.45, 2.75) is 39.2 Å². The first-order valence-electron chi connectivity index (χ1n) is 6.90. The van der Waals surface area contributed by atoms with E-state index in [1.165, 1.54) is 0 Å². The van der Waals surface area contributed by atoms with Gasteiger partial charge < -0.3 is 10.1 Å². The molecular weight excluding hydrogens is 252 g/mol. The smallest absolute Gasteiger partial charge is 0.215 e. The van der Waals surface area contributed by atoms with Gasteiger partial charge in [-0.05, 0) is 25.8 Å². The number of ether oxygens (including phenoxy) is 1. The van der Waals surface area contributed by atoms with Crippen LogP contribution in [0, 0.1) is 0 Å². The highest BCUT2D eigenvalue weighted by atomic mass is 32.2. The SMILES string of the molecule is CCCNCCS(=O)(=O)N(CC)CC1CCCO1. The van der Waals surface area contributed by atoms with E-state index in [1.54, 1.807) is 4.31 Å². The summed E-state index contributed by atoms with van der Waals surface area (Å²) < 4.78 is 31.3. The lowest BCUT2D eigenvalue weighted by Gasteiger charge is -2.23. The normalized spacial score (nSPS) is 20.7. The summed E-state index contributed by atoms with van der Waals surface area (Å²) in [5.74, 6) is 0.174. The minimum Gasteiger partial charge on any atom is -0.377 e. The van der Waals surface area contributed by atoms with Crippen LogP contribution in [0.3, 0.4) is 0 Å². The molecule has 0 saturated carbocycles. The van der Waals surface area contributed by atoms with E-state index in [1.807, 2.05) is 6.92 Å². The summed E-state index contributed by atoms with van der Waals surface area (Å²) in [5.41, 5.74) is 0. The zero-order valence-corrected chi connectivity index (χ0v) is 12.3. The average Bonchev–Trinajstić information content (AvgIpc) is 2.84. The van der Waals surface area contributed by atoms with E-state index in [9.17, 15) is 8.42 Å². The van der Waals surface area contributed by atoms with Gasteiger partial charge in [0.25, 0.3) is 0 Å². The Labute approximate surface area is 111 Å². The van der Waals surface area contributed by atoms with Gasteiger partial charge in [-0.2, -0.15) is 4.31 Å². The Morgan fingerprint density at radius 2 is 2.11 bits per heavy atom. The quantitative estimate of drug-likeness (QED) is 0.634. The number of rotatable bonds is 9. The minimum absolute atomic E-state index is 0.0864. The molecule has 0 aromatic rings. The zero-order valence-electron chi connectivity index (χ0n) is 11.5. The van der Waals surface area contributed by atoms with Crippen LogP contribution in [0.4, 0.5) is 0 Å². The van der Waals surface area contributed by atoms with E-state index in [0.717, 1.165) is 32.4 Å². The molecule has 1 N–H and O–H groups in total. The molecule has 1 unspecified atom stereocenters. The summed E-state index contributed by atoms with van der Waals surface area (Å²) >= 11 is 0. The van der Waals surface area contributed by atoms with Crippen molar-refractivity contribution in [1.82, 2.24) is 9.62 Å². The first-order valence-corrected chi connectivity index (χ1v) is 8.51. The Morgan fingerprint density at radius 1 is 1.33 bits per heavy atom. The average molecular weight is 278 g/mol. The predicted octanol–water partition coefficient (Wildman–Crippen LogP) is 0.817. The van der Waals surface area contributed by atoms with Crippen molar-refractivity contribution in [1.29, 1.82) is 0 Å². The lowest BCUT2D eigenvalue weighted by atomic mass is 10.2. The first kappa shape index (κ1) is 15.9. The third-order valence-electron chi connectivity index (χ3n) is 3.14. The summed E-state index contributed by atoms with van der Waals surface area (Å²) in [6, 6.07) is 0. The zero-order chi connectivity index (χ0) is 13.4. The molecule has 0 radical (unpaired) electrons. The summed E-state index contributed by atoms with van der Waals surface area (Å²) in [6.07, 6.45) is 3.12. The van der Waals surface area contributed by atoms with Gasteiger partial charge in [-0.3, -0.25) is 0 Å². The van der Waals surface area contributed by atoms with Crippen LogP contribution in [0.1, 0.15) is 33.1 Å². The molecule has 0 aliphatic carbocycles. The molecule has 6 heteroatoms. The Hall–Kier alpha value is -0.170. The van der Waals surface area contributed by atoms with Crippen molar-refractivity contribution in [2.24, 2.45) is 0 Å². The molecule has 1 aliphatic heterocycles. The van der Waals surface area contributed by atoms with Gasteiger partial charge in [-0.25, -0.2) is 8.42 Å². The minimum atomic E-state index is -3.15. The van der Waals surface area contributed by atoms with Gasteiger partial charge in [0.05, 0.1) is 11.9 Å². The largest absolute Gasteiger partial charge is 0.377 e. The number of hydrogen-bond donors (Lipinski definition) is 1. The third-order valence-corrected chi connectivity index (χ3v) is 5.06. The summed E-state index contributed by atoms with van der Waals surface area (Å²) in [6.45, 7) is 7.14. The van der Waals surface area contributed by atoms with Gasteiger partial charge >= 0.3 is 0 Å². The van der Waals surface area contributed by atoms with Crippen LogP contribution in [0.5, 0.6) is 0 Å². The van der Waals surface area contributed by atoms with Crippen LogP contribution in [-0.4, -0.2) is 57.4 Å². The van der Waals surface area contributed by atoms with Crippen LogP contribution in [-0.2, 0) is 14.8 Å². The topological polar surface area (TPSA) is 58.6 Å². The Balaban J connectivity index is 2.40. The second-order valence-electron chi connectivity index (χ2n) is 4.65. The number of nitrogens with zero attached hydrogens (tertiary/aromatic N) is 1. The monoisotopic (exact) mass is 278 g/mol. The van der Waals surface area contributed by atoms with E-state index >= 15 is 0 Å². The lowest BCUT2D eigenvalue weighted by molar-refractivity contribution is 0.0947. The molecule has 1 heterocycles. The van der Waals surface area contributed by atoms with E-state index in [2.05, 4.69) is 12.2 Å². The van der Waals surface area contributed by atoms with Gasteiger partial charge in [0, 0.05) is 26.2 Å². The summed E-state index contributed by atoms with van der Waals surface area (Å²) in [5, 5.41) is 3.13. The standard InChI is InChI=1S/C12H26N2O3S/c1-3-7-13-8-10-18(15,16)14(4-2)11-12-6-5-9-17-12/h12-13H,3-11H2,1-2H3. The van der Waals surface area contributed by atoms with Crippen LogP contribution < -0.4 is 5.32 Å². The molecule has 0 aromatic heterocycles. The maximum atomic E-state index is 12.1. The maximum Gasteiger partial charge on any atom is 0.215 e. The van der Waals surface area contributed by atoms with Crippen molar-refractivity contribution >= 4 is 10.0 Å². The Kier molecular flexibility index (Phi) is 7.14. The molecule has 0 amide bonds. The highest BCUT2D eigenvalue weighted by Crippen LogP contribution is 2.15. The van der Waals surface area contributed by atoms with E-state index in [4.69, 9.17) is 4.74 Å². The van der Waals surface area contributed by atoms with Gasteiger partial charge in [0.1, 0.15) is 0 Å². The molecule has 5 nitrogen and oxygen atoms in total. The molecule has 0 aromatic carbocycles. The molecule has 18 heavy (non-hydrogen) atoms. The van der Waals surface area contributed by atoms with Crippen molar-refractivity contribution in [3.05, 3.63) is 0 Å². The molecule has 1 saturated heterocycles. The second kappa shape index (κ2) is 8.09. The third kappa shape index (κ3) is 5.22. The molecule has 0 bridgehead atoms. The highest BCUT2D eigenvalue weighted by Gasteiger charge is 2.25. The van der Waals surface area contributed by atoms with Crippen LogP contribution in [0.2, 0.25) is 0 Å². The van der Waals surface area contributed by atoms with Gasteiger partial charge in [0.2, 0.25) is 10.0 Å². The van der Waals surface area contributed by atoms with Crippen LogP contribution in [0.25, 0.3) is 0 Å². The van der Waals surface area contributed by atoms with E-state index in [-0.39, 0.29) is 11.9 Å². The number of sulfonamides is 1. The molecule has 1 aliphatic rings. The Morgan fingerprint density at radius 3 is 2.67 bits per heavy atom. The molecule has 108 valence electrons. The molecule has 1 rings (SSSR count). The van der Waals surface area contributed by atoms with Crippen molar-refractivity contribution in [2.75, 3.05) is 38.5 Å². The van der Waals surface area contributed by atoms with Crippen molar-refractivity contribution in [3.8, 4) is 0 Å². The van der Waals surface area contributed by atoms with Gasteiger partial charge in [-0.1, -0.05) is 13.8 Å². The molecule has 1 atom stereocenters. The Bertz CT molecular complexity index is 313. The second-order valence-corrected chi connectivity index (χ2v) is 6.74. The first-order chi connectivity index (χ1) is 8.60. The fraction of sp³-hybridized carbons (Fsp3) is 1.00. The number of hydrogen-bond acceptors (Lipinski definition) is 4. The number of likely N-dealkylation sites (N-methyl/N-ethyl adjacent to an activating group) is 1. The van der Waals surface area contributed by atoms with Crippen molar-refractivity contribution < 1.29 is 13.2 Å². The number of nitrogens with one attached hydrogen (secondary N) is 1. The van der Waals surface area contributed by atoms with Gasteiger partial charge in [0.15, 0.2) is 0 Å². The lowest BCUT2D eigenvalue weighted by Crippen LogP contribution is -2.40. The maximum absolute atomic E-state index is 12.1. The summed E-state index contributed by atoms with van der Waals surface area (Å²) in [7, 11) is -3.15. The summed E-state index contributed by atoms with van der Waals surface area (Å²) in [4.78, 5) is 0. The van der Waals surface area contributed by atoms with Crippen molar-refractivity contribution in [3.63, 3.8) is 0 Å². The molecule has 1 fully saturated rings. The fourth-order valence-electron chi connectivity index (χ4n) is 2.09. The van der Waals surface area contributed by atoms with Crippen LogP contribution >= 0.6 is 0 Å². The fourth-order valence-corrected chi connectivity index (χ4v) is 3.53. The van der Waals surface area contributed by atoms with Crippen LogP contribution in [0.15, 0.2) is 0 Å². The highest BCUT2D eigenvalue weighted by molar-refractivity contribution is 7.89. The molecule has 0 spiro atoms. The molecular formula is C12H26N2O3S. The van der Waals surface area contributed by atoms with Gasteiger partial charge in [-0.15, -0.1) is 0 Å². The predicted molar refractivity (Wildman–Crippen MR) is 73.2 cm³/mol. The van der Waals surface area contributed by atoms with E-state index in [0.29, 0.717) is 19.6 Å². The van der Waals surface area contributed by atoms with E-state index < -0.39 is 10.0 Å².